The fourth-order valence-corrected chi connectivity index (χ4v) is 3.25. The largest absolute Gasteiger partial charge is 0.573 e. The lowest BCUT2D eigenvalue weighted by Crippen LogP contribution is -2.25. The Labute approximate surface area is 146 Å². The molecule has 0 saturated heterocycles. The van der Waals surface area contributed by atoms with Gasteiger partial charge in [0.1, 0.15) is 10.6 Å². The van der Waals surface area contributed by atoms with Crippen LogP contribution in [0.1, 0.15) is 5.56 Å². The molecule has 0 aromatic heterocycles. The molecule has 24 heavy (non-hydrogen) atoms. The number of halogens is 5. The Morgan fingerprint density at radius 3 is 2.33 bits per heavy atom. The van der Waals surface area contributed by atoms with Gasteiger partial charge in [-0.15, -0.1) is 13.2 Å². The Morgan fingerprint density at radius 1 is 1.04 bits per heavy atom. The molecule has 4 nitrogen and oxygen atoms in total. The summed E-state index contributed by atoms with van der Waals surface area (Å²) in [6.07, 6.45) is -5.00. The van der Waals surface area contributed by atoms with E-state index < -0.39 is 27.0 Å². The second kappa shape index (κ2) is 7.18. The van der Waals surface area contributed by atoms with Crippen LogP contribution < -0.4 is 9.46 Å². The smallest absolute Gasteiger partial charge is 0.404 e. The maximum absolute atomic E-state index is 12.4. The van der Waals surface area contributed by atoms with Crippen LogP contribution in [-0.2, 0) is 16.6 Å². The van der Waals surface area contributed by atoms with Crippen LogP contribution in [0.5, 0.6) is 5.75 Å². The van der Waals surface area contributed by atoms with Crippen molar-refractivity contribution in [2.45, 2.75) is 17.8 Å². The highest BCUT2D eigenvalue weighted by Crippen LogP contribution is 2.29. The van der Waals surface area contributed by atoms with Crippen LogP contribution in [0.25, 0.3) is 0 Å². The maximum Gasteiger partial charge on any atom is 0.573 e. The van der Waals surface area contributed by atoms with Crippen molar-refractivity contribution in [2.24, 2.45) is 0 Å². The number of rotatable bonds is 5. The fourth-order valence-electron chi connectivity index (χ4n) is 1.79. The van der Waals surface area contributed by atoms with Gasteiger partial charge in [0.2, 0.25) is 10.0 Å². The van der Waals surface area contributed by atoms with Gasteiger partial charge >= 0.3 is 6.36 Å². The number of sulfonamides is 1. The third-order valence-electron chi connectivity index (χ3n) is 2.81. The van der Waals surface area contributed by atoms with E-state index in [9.17, 15) is 21.6 Å². The van der Waals surface area contributed by atoms with Gasteiger partial charge in [0, 0.05) is 6.54 Å². The minimum absolute atomic E-state index is 0.181. The number of hydrogen-bond donors (Lipinski definition) is 1. The highest BCUT2D eigenvalue weighted by molar-refractivity contribution is 7.89. The van der Waals surface area contributed by atoms with Crippen molar-refractivity contribution in [3.05, 3.63) is 58.1 Å². The van der Waals surface area contributed by atoms with Gasteiger partial charge in [0.25, 0.3) is 0 Å². The molecule has 2 rings (SSSR count). The van der Waals surface area contributed by atoms with E-state index in [1.165, 1.54) is 30.3 Å². The van der Waals surface area contributed by atoms with Crippen molar-refractivity contribution in [3.8, 4) is 5.75 Å². The first-order valence-corrected chi connectivity index (χ1v) is 8.61. The Kier molecular flexibility index (Phi) is 5.64. The van der Waals surface area contributed by atoms with Crippen molar-refractivity contribution in [2.75, 3.05) is 0 Å². The first kappa shape index (κ1) is 18.9. The van der Waals surface area contributed by atoms with Crippen LogP contribution in [0.3, 0.4) is 0 Å². The zero-order valence-electron chi connectivity index (χ0n) is 11.8. The SMILES string of the molecule is O=S(=O)(NCc1ccc(Cl)c(Cl)c1)c1ccccc1OC(F)(F)F. The minimum atomic E-state index is -5.00. The van der Waals surface area contributed by atoms with Crippen LogP contribution in [0, 0.1) is 0 Å². The lowest BCUT2D eigenvalue weighted by molar-refractivity contribution is -0.275. The van der Waals surface area contributed by atoms with Crippen molar-refractivity contribution in [1.82, 2.24) is 4.72 Å². The molecule has 0 unspecified atom stereocenters. The van der Waals surface area contributed by atoms with Crippen LogP contribution in [0.4, 0.5) is 13.2 Å². The summed E-state index contributed by atoms with van der Waals surface area (Å²) in [4.78, 5) is -0.623. The quantitative estimate of drug-likeness (QED) is 0.811. The molecule has 0 spiro atoms. The Hall–Kier alpha value is -1.48. The number of ether oxygens (including phenoxy) is 1. The summed E-state index contributed by atoms with van der Waals surface area (Å²) in [5, 5.41) is 0.529. The number of nitrogens with one attached hydrogen (secondary N) is 1. The summed E-state index contributed by atoms with van der Waals surface area (Å²) in [6, 6.07) is 8.92. The van der Waals surface area contributed by atoms with E-state index in [4.69, 9.17) is 23.2 Å². The number of para-hydroxylation sites is 1. The van der Waals surface area contributed by atoms with Gasteiger partial charge in [-0.25, -0.2) is 13.1 Å². The van der Waals surface area contributed by atoms with Crippen molar-refractivity contribution < 1.29 is 26.3 Å². The molecule has 0 heterocycles. The van der Waals surface area contributed by atoms with Crippen molar-refractivity contribution in [1.29, 1.82) is 0 Å². The third kappa shape index (κ3) is 5.01. The van der Waals surface area contributed by atoms with E-state index in [2.05, 4.69) is 9.46 Å². The molecular formula is C14H10Cl2F3NO3S. The number of alkyl halides is 3. The van der Waals surface area contributed by atoms with Crippen LogP contribution in [0.15, 0.2) is 47.4 Å². The van der Waals surface area contributed by atoms with E-state index >= 15 is 0 Å². The zero-order chi connectivity index (χ0) is 18.0. The molecule has 0 atom stereocenters. The molecule has 1 N–H and O–H groups in total. The van der Waals surface area contributed by atoms with E-state index in [-0.39, 0.29) is 11.6 Å². The molecule has 0 bridgehead atoms. The Bertz CT molecular complexity index is 841. The van der Waals surface area contributed by atoms with Crippen LogP contribution in [0.2, 0.25) is 10.0 Å². The lowest BCUT2D eigenvalue weighted by atomic mass is 10.2. The molecule has 2 aromatic rings. The van der Waals surface area contributed by atoms with E-state index in [0.29, 0.717) is 10.6 Å². The molecule has 0 fully saturated rings. The highest BCUT2D eigenvalue weighted by atomic mass is 35.5. The molecule has 0 aliphatic rings. The molecule has 10 heteroatoms. The Balaban J connectivity index is 2.23. The van der Waals surface area contributed by atoms with Crippen molar-refractivity contribution >= 4 is 33.2 Å². The molecule has 0 aliphatic carbocycles. The van der Waals surface area contributed by atoms with Gasteiger partial charge in [0.05, 0.1) is 10.0 Å². The fraction of sp³-hybridized carbons (Fsp3) is 0.143. The second-order valence-electron chi connectivity index (χ2n) is 4.57. The van der Waals surface area contributed by atoms with E-state index in [1.807, 2.05) is 0 Å². The van der Waals surface area contributed by atoms with E-state index in [1.54, 1.807) is 0 Å². The summed E-state index contributed by atoms with van der Waals surface area (Å²) < 4.78 is 67.6. The normalized spacial score (nSPS) is 12.2. The maximum atomic E-state index is 12.4. The first-order chi connectivity index (χ1) is 11.1. The topological polar surface area (TPSA) is 55.4 Å². The Morgan fingerprint density at radius 2 is 1.71 bits per heavy atom. The van der Waals surface area contributed by atoms with Gasteiger partial charge in [-0.05, 0) is 29.8 Å². The summed E-state index contributed by atoms with van der Waals surface area (Å²) in [5.41, 5.74) is 0.488. The molecule has 0 saturated carbocycles. The highest BCUT2D eigenvalue weighted by Gasteiger charge is 2.33. The first-order valence-electron chi connectivity index (χ1n) is 6.37. The summed E-state index contributed by atoms with van der Waals surface area (Å²) >= 11 is 11.6. The van der Waals surface area contributed by atoms with Gasteiger partial charge in [-0.1, -0.05) is 41.4 Å². The van der Waals surface area contributed by atoms with Gasteiger partial charge in [-0.2, -0.15) is 0 Å². The predicted molar refractivity (Wildman–Crippen MR) is 83.6 cm³/mol. The van der Waals surface area contributed by atoms with Gasteiger partial charge in [0.15, 0.2) is 0 Å². The molecule has 0 aliphatic heterocycles. The molecule has 130 valence electrons. The zero-order valence-corrected chi connectivity index (χ0v) is 14.1. The number of benzene rings is 2. The summed E-state index contributed by atoms with van der Waals surface area (Å²) in [5.74, 6) is -0.813. The number of hydrogen-bond acceptors (Lipinski definition) is 3. The minimum Gasteiger partial charge on any atom is -0.404 e. The second-order valence-corrected chi connectivity index (χ2v) is 7.12. The average molecular weight is 400 g/mol. The summed E-state index contributed by atoms with van der Waals surface area (Å²) in [6.45, 7) is -0.181. The molecular weight excluding hydrogens is 390 g/mol. The third-order valence-corrected chi connectivity index (χ3v) is 4.99. The van der Waals surface area contributed by atoms with Gasteiger partial charge < -0.3 is 4.74 Å². The standard InChI is InChI=1S/C14H10Cl2F3NO3S/c15-10-6-5-9(7-11(10)16)8-20-24(21,22)13-4-2-1-3-12(13)23-14(17,18)19/h1-7,20H,8H2. The average Bonchev–Trinajstić information content (AvgIpc) is 2.47. The van der Waals surface area contributed by atoms with Crippen LogP contribution >= 0.6 is 23.2 Å². The predicted octanol–water partition coefficient (Wildman–Crippen LogP) is 4.37. The summed E-state index contributed by atoms with van der Waals surface area (Å²) in [7, 11) is -4.24. The molecule has 0 radical (unpaired) electrons. The van der Waals surface area contributed by atoms with E-state index in [0.717, 1.165) is 12.1 Å². The monoisotopic (exact) mass is 399 g/mol. The molecule has 2 aromatic carbocycles. The van der Waals surface area contributed by atoms with Crippen molar-refractivity contribution in [3.63, 3.8) is 0 Å². The molecule has 0 amide bonds. The van der Waals surface area contributed by atoms with Gasteiger partial charge in [-0.3, -0.25) is 0 Å². The lowest BCUT2D eigenvalue weighted by Gasteiger charge is -2.14. The van der Waals surface area contributed by atoms with Crippen LogP contribution in [-0.4, -0.2) is 14.8 Å².